The summed E-state index contributed by atoms with van der Waals surface area (Å²) in [4.78, 5) is 27.3. The Hall–Kier alpha value is -2.36. The first-order valence-electron chi connectivity index (χ1n) is 13.3. The molecule has 1 saturated heterocycles. The zero-order valence-electron chi connectivity index (χ0n) is 20.9. The van der Waals surface area contributed by atoms with Crippen molar-refractivity contribution in [3.05, 3.63) is 57.3 Å². The van der Waals surface area contributed by atoms with E-state index in [2.05, 4.69) is 15.5 Å². The molecule has 0 radical (unpaired) electrons. The molecule has 1 aromatic heterocycles. The van der Waals surface area contributed by atoms with Crippen LogP contribution in [0.15, 0.2) is 35.7 Å². The normalized spacial score (nSPS) is 24.6. The fourth-order valence-electron chi connectivity index (χ4n) is 5.53. The number of aromatic carboxylic acids is 1. The van der Waals surface area contributed by atoms with Crippen molar-refractivity contribution in [1.29, 1.82) is 0 Å². The van der Waals surface area contributed by atoms with Crippen molar-refractivity contribution in [3.8, 4) is 0 Å². The number of carboxylic acids is 1. The molecule has 5 rings (SSSR count). The maximum absolute atomic E-state index is 13.4. The number of alkyl halides is 2. The first kappa shape index (κ1) is 26.3. The third-order valence-corrected chi connectivity index (χ3v) is 9.14. The summed E-state index contributed by atoms with van der Waals surface area (Å²) in [5.74, 6) is -2.52. The van der Waals surface area contributed by atoms with E-state index in [1.807, 2.05) is 23.6 Å². The van der Waals surface area contributed by atoms with Gasteiger partial charge in [0.1, 0.15) is 0 Å². The highest BCUT2D eigenvalue weighted by Crippen LogP contribution is 2.44. The van der Waals surface area contributed by atoms with Gasteiger partial charge in [0.15, 0.2) is 0 Å². The van der Waals surface area contributed by atoms with E-state index in [9.17, 15) is 18.4 Å². The molecule has 2 saturated carbocycles. The van der Waals surface area contributed by atoms with E-state index in [1.54, 1.807) is 23.5 Å². The Labute approximate surface area is 220 Å². The van der Waals surface area contributed by atoms with Crippen molar-refractivity contribution >= 4 is 23.2 Å². The molecule has 6 nitrogen and oxygen atoms in total. The predicted molar refractivity (Wildman–Crippen MR) is 140 cm³/mol. The number of hydrogen-bond donors (Lipinski definition) is 3. The third-order valence-electron chi connectivity index (χ3n) is 8.07. The molecule has 3 aliphatic rings. The molecule has 2 heterocycles. The van der Waals surface area contributed by atoms with Crippen molar-refractivity contribution in [2.24, 2.45) is 5.92 Å². The van der Waals surface area contributed by atoms with E-state index in [-0.39, 0.29) is 24.8 Å². The summed E-state index contributed by atoms with van der Waals surface area (Å²) >= 11 is 1.62. The second-order valence-corrected chi connectivity index (χ2v) is 11.9. The summed E-state index contributed by atoms with van der Waals surface area (Å²) in [6.07, 6.45) is 3.76. The summed E-state index contributed by atoms with van der Waals surface area (Å²) in [7, 11) is 0. The molecular formula is C28H35F2N3O3S. The number of carboxylic acid groups (broad SMARTS) is 1. The minimum Gasteiger partial charge on any atom is -0.478 e. The number of benzene rings is 1. The second-order valence-electron chi connectivity index (χ2n) is 10.9. The number of rotatable bonds is 9. The summed E-state index contributed by atoms with van der Waals surface area (Å²) in [6, 6.07) is 9.43. The van der Waals surface area contributed by atoms with E-state index in [0.717, 1.165) is 51.0 Å². The molecule has 1 unspecified atom stereocenters. The van der Waals surface area contributed by atoms with E-state index in [4.69, 9.17) is 5.11 Å². The molecule has 0 spiro atoms. The van der Waals surface area contributed by atoms with Crippen LogP contribution in [0.5, 0.6) is 0 Å². The number of amides is 1. The molecule has 37 heavy (non-hydrogen) atoms. The van der Waals surface area contributed by atoms with E-state index in [0.29, 0.717) is 41.8 Å². The van der Waals surface area contributed by atoms with Crippen LogP contribution in [-0.2, 0) is 6.54 Å². The molecular weight excluding hydrogens is 496 g/mol. The summed E-state index contributed by atoms with van der Waals surface area (Å²) < 4.78 is 26.7. The smallest absolute Gasteiger partial charge is 0.335 e. The maximum atomic E-state index is 13.4. The van der Waals surface area contributed by atoms with Gasteiger partial charge in [-0.1, -0.05) is 12.1 Å². The summed E-state index contributed by atoms with van der Waals surface area (Å²) in [5, 5.41) is 17.6. The topological polar surface area (TPSA) is 81.7 Å². The van der Waals surface area contributed by atoms with Gasteiger partial charge < -0.3 is 15.7 Å². The van der Waals surface area contributed by atoms with Gasteiger partial charge >= 0.3 is 5.97 Å². The SMILES string of the molecule is O=C(O)c1ccc(CN2CCC(CNC3C[C@H]3c3cc(C(=O)NC4CCC(F)(F)CC4)cs3)CC2)cc1. The molecule has 3 N–H and O–H groups in total. The van der Waals surface area contributed by atoms with Gasteiger partial charge in [-0.25, -0.2) is 13.6 Å². The van der Waals surface area contributed by atoms with Crippen molar-refractivity contribution < 1.29 is 23.5 Å². The molecule has 2 aliphatic carbocycles. The average molecular weight is 532 g/mol. The van der Waals surface area contributed by atoms with Crippen molar-refractivity contribution in [1.82, 2.24) is 15.5 Å². The van der Waals surface area contributed by atoms with Crippen LogP contribution in [0.4, 0.5) is 8.78 Å². The van der Waals surface area contributed by atoms with Crippen LogP contribution in [0.25, 0.3) is 0 Å². The molecule has 1 amide bonds. The first-order valence-corrected chi connectivity index (χ1v) is 14.2. The molecule has 0 bridgehead atoms. The number of piperidine rings is 1. The second kappa shape index (κ2) is 11.2. The Morgan fingerprint density at radius 1 is 1.05 bits per heavy atom. The van der Waals surface area contributed by atoms with Gasteiger partial charge in [0.05, 0.1) is 11.1 Å². The van der Waals surface area contributed by atoms with Crippen LogP contribution in [0.3, 0.4) is 0 Å². The molecule has 1 aromatic carbocycles. The lowest BCUT2D eigenvalue weighted by molar-refractivity contribution is -0.0399. The molecule has 9 heteroatoms. The Bertz CT molecular complexity index is 1090. The minimum absolute atomic E-state index is 0.146. The predicted octanol–water partition coefficient (Wildman–Crippen LogP) is 5.11. The highest BCUT2D eigenvalue weighted by molar-refractivity contribution is 7.10. The Morgan fingerprint density at radius 2 is 1.76 bits per heavy atom. The number of carbonyl (C=O) groups excluding carboxylic acids is 1. The monoisotopic (exact) mass is 531 g/mol. The molecule has 3 fully saturated rings. The van der Waals surface area contributed by atoms with Crippen LogP contribution in [0.2, 0.25) is 0 Å². The Morgan fingerprint density at radius 3 is 2.43 bits per heavy atom. The fraction of sp³-hybridized carbons (Fsp3) is 0.571. The van der Waals surface area contributed by atoms with E-state index >= 15 is 0 Å². The number of nitrogens with zero attached hydrogens (tertiary/aromatic N) is 1. The van der Waals surface area contributed by atoms with Crippen LogP contribution < -0.4 is 10.6 Å². The lowest BCUT2D eigenvalue weighted by Crippen LogP contribution is -2.40. The Balaban J connectivity index is 1.00. The van der Waals surface area contributed by atoms with Gasteiger partial charge in [-0.15, -0.1) is 11.3 Å². The lowest BCUT2D eigenvalue weighted by atomic mass is 9.92. The van der Waals surface area contributed by atoms with Crippen molar-refractivity contribution in [2.75, 3.05) is 19.6 Å². The number of thiophene rings is 1. The van der Waals surface area contributed by atoms with E-state index < -0.39 is 11.9 Å². The molecule has 2 atom stereocenters. The van der Waals surface area contributed by atoms with Crippen molar-refractivity contribution in [2.45, 2.75) is 75.4 Å². The highest BCUT2D eigenvalue weighted by atomic mass is 32.1. The molecule has 2 aromatic rings. The van der Waals surface area contributed by atoms with Gasteiger partial charge in [-0.3, -0.25) is 9.69 Å². The fourth-order valence-corrected chi connectivity index (χ4v) is 6.60. The summed E-state index contributed by atoms with van der Waals surface area (Å²) in [6.45, 7) is 3.95. The van der Waals surface area contributed by atoms with Crippen LogP contribution in [-0.4, -0.2) is 59.5 Å². The standard InChI is InChI=1S/C28H35F2N3O3S/c29-28(30)9-5-22(6-10-28)32-26(34)21-13-25(37-17-21)23-14-24(23)31-15-18-7-11-33(12-8-18)16-19-1-3-20(4-2-19)27(35)36/h1-4,13,17-18,22-24,31H,5-12,14-16H2,(H,32,34)(H,35,36)/t23-,24?/m1/s1. The number of hydrogen-bond acceptors (Lipinski definition) is 5. The first-order chi connectivity index (χ1) is 17.8. The maximum Gasteiger partial charge on any atom is 0.335 e. The largest absolute Gasteiger partial charge is 0.478 e. The van der Waals surface area contributed by atoms with Gasteiger partial charge in [0.2, 0.25) is 5.92 Å². The number of likely N-dealkylation sites (tertiary alicyclic amines) is 1. The number of carbonyl (C=O) groups is 2. The number of nitrogens with one attached hydrogen (secondary N) is 2. The number of halogens is 2. The van der Waals surface area contributed by atoms with Crippen LogP contribution >= 0.6 is 11.3 Å². The minimum atomic E-state index is -2.58. The van der Waals surface area contributed by atoms with Crippen LogP contribution in [0.1, 0.15) is 82.0 Å². The van der Waals surface area contributed by atoms with Gasteiger partial charge in [0, 0.05) is 47.6 Å². The van der Waals surface area contributed by atoms with Crippen molar-refractivity contribution in [3.63, 3.8) is 0 Å². The molecule has 1 aliphatic heterocycles. The van der Waals surface area contributed by atoms with Crippen LogP contribution in [0, 0.1) is 5.92 Å². The lowest BCUT2D eigenvalue weighted by Gasteiger charge is -2.32. The van der Waals surface area contributed by atoms with Gasteiger partial charge in [-0.05, 0) is 81.4 Å². The van der Waals surface area contributed by atoms with Gasteiger partial charge in [0.25, 0.3) is 5.91 Å². The Kier molecular flexibility index (Phi) is 7.93. The average Bonchev–Trinajstić information content (AvgIpc) is 3.49. The molecule has 200 valence electrons. The third kappa shape index (κ3) is 6.94. The zero-order chi connectivity index (χ0) is 26.0. The quantitative estimate of drug-likeness (QED) is 0.419. The zero-order valence-corrected chi connectivity index (χ0v) is 21.7. The summed E-state index contributed by atoms with van der Waals surface area (Å²) in [5.41, 5.74) is 2.11. The highest BCUT2D eigenvalue weighted by Gasteiger charge is 2.40. The van der Waals surface area contributed by atoms with E-state index in [1.165, 1.54) is 4.88 Å². The van der Waals surface area contributed by atoms with Gasteiger partial charge in [-0.2, -0.15) is 0 Å².